The Labute approximate surface area is 182 Å². The third-order valence-corrected chi connectivity index (χ3v) is 8.20. The maximum Gasteiger partial charge on any atom is 0.247 e. The monoisotopic (exact) mass is 451 g/mol. The minimum atomic E-state index is -3.46. The zero-order chi connectivity index (χ0) is 21.5. The van der Waals surface area contributed by atoms with E-state index < -0.39 is 16.1 Å². The molecule has 1 aromatic carbocycles. The second kappa shape index (κ2) is 8.53. The van der Waals surface area contributed by atoms with Crippen molar-refractivity contribution >= 4 is 42.6 Å². The van der Waals surface area contributed by atoms with Gasteiger partial charge in [0.25, 0.3) is 0 Å². The van der Waals surface area contributed by atoms with Crippen molar-refractivity contribution in [1.82, 2.24) is 9.29 Å². The fourth-order valence-corrected chi connectivity index (χ4v) is 6.73. The number of benzene rings is 1. The summed E-state index contributed by atoms with van der Waals surface area (Å²) in [5.74, 6) is -0.191. The molecule has 2 aliphatic rings. The van der Waals surface area contributed by atoms with E-state index in [1.165, 1.54) is 21.9 Å². The van der Waals surface area contributed by atoms with Crippen LogP contribution in [0.15, 0.2) is 12.1 Å². The van der Waals surface area contributed by atoms with E-state index in [1.54, 1.807) is 4.90 Å². The van der Waals surface area contributed by atoms with E-state index in [9.17, 15) is 13.2 Å². The van der Waals surface area contributed by atoms with Gasteiger partial charge >= 0.3 is 0 Å². The predicted octanol–water partition coefficient (Wildman–Crippen LogP) is 3.24. The molecule has 0 saturated carbocycles. The maximum atomic E-state index is 13.7. The Morgan fingerprint density at radius 3 is 2.77 bits per heavy atom. The molecule has 3 heterocycles. The first-order valence-corrected chi connectivity index (χ1v) is 13.2. The summed E-state index contributed by atoms with van der Waals surface area (Å²) in [5.41, 5.74) is 3.13. The van der Waals surface area contributed by atoms with E-state index in [2.05, 4.69) is 12.1 Å². The zero-order valence-electron chi connectivity index (χ0n) is 17.8. The number of ether oxygens (including phenoxy) is 1. The van der Waals surface area contributed by atoms with Gasteiger partial charge in [0, 0.05) is 13.2 Å². The van der Waals surface area contributed by atoms with Crippen molar-refractivity contribution in [3.8, 4) is 0 Å². The summed E-state index contributed by atoms with van der Waals surface area (Å²) in [5, 5.41) is 0.623. The molecule has 9 heteroatoms. The van der Waals surface area contributed by atoms with Crippen LogP contribution in [0.2, 0.25) is 0 Å². The largest absolute Gasteiger partial charge is 0.376 e. The molecule has 0 aliphatic carbocycles. The van der Waals surface area contributed by atoms with Crippen molar-refractivity contribution in [2.24, 2.45) is 0 Å². The molecule has 2 aliphatic heterocycles. The molecule has 2 fully saturated rings. The fraction of sp³-hybridized carbons (Fsp3) is 0.619. The van der Waals surface area contributed by atoms with Crippen LogP contribution in [0.25, 0.3) is 10.2 Å². The van der Waals surface area contributed by atoms with Gasteiger partial charge < -0.3 is 4.74 Å². The molecule has 2 saturated heterocycles. The number of aromatic nitrogens is 1. The summed E-state index contributed by atoms with van der Waals surface area (Å²) < 4.78 is 32.9. The van der Waals surface area contributed by atoms with E-state index in [0.717, 1.165) is 47.0 Å². The molecule has 4 rings (SSSR count). The average molecular weight is 452 g/mol. The molecule has 164 valence electrons. The van der Waals surface area contributed by atoms with Gasteiger partial charge in [-0.3, -0.25) is 9.69 Å². The molecule has 2 aromatic rings. The van der Waals surface area contributed by atoms with E-state index in [-0.39, 0.29) is 12.0 Å². The number of hydrogen-bond donors (Lipinski definition) is 0. The summed E-state index contributed by atoms with van der Waals surface area (Å²) in [6.07, 6.45) is 5.18. The van der Waals surface area contributed by atoms with E-state index in [4.69, 9.17) is 9.72 Å². The normalized spacial score (nSPS) is 23.2. The van der Waals surface area contributed by atoms with Gasteiger partial charge in [-0.05, 0) is 56.7 Å². The van der Waals surface area contributed by atoms with Crippen molar-refractivity contribution in [3.05, 3.63) is 23.3 Å². The standard InChI is InChI=1S/C21H29N3O4S2/c1-14-11-15(2)19-18(12-14)29-21(22-19)23(13-16-7-6-10-28-16)20(25)17-8-4-5-9-24(17)30(3,26)27/h11-12,16-17H,4-10,13H2,1-3H3. The van der Waals surface area contributed by atoms with E-state index in [0.29, 0.717) is 31.2 Å². The third-order valence-electron chi connectivity index (χ3n) is 5.89. The maximum absolute atomic E-state index is 13.7. The van der Waals surface area contributed by atoms with Crippen LogP contribution >= 0.6 is 11.3 Å². The first-order chi connectivity index (χ1) is 14.2. The van der Waals surface area contributed by atoms with Crippen LogP contribution in [0.3, 0.4) is 0 Å². The van der Waals surface area contributed by atoms with Crippen molar-refractivity contribution in [3.63, 3.8) is 0 Å². The van der Waals surface area contributed by atoms with Gasteiger partial charge in [0.1, 0.15) is 6.04 Å². The third kappa shape index (κ3) is 4.39. The molecule has 30 heavy (non-hydrogen) atoms. The average Bonchev–Trinajstić information content (AvgIpc) is 3.34. The summed E-state index contributed by atoms with van der Waals surface area (Å²) in [6.45, 7) is 5.57. The summed E-state index contributed by atoms with van der Waals surface area (Å²) in [4.78, 5) is 20.2. The number of fused-ring (bicyclic) bond motifs is 1. The Balaban J connectivity index is 1.72. The smallest absolute Gasteiger partial charge is 0.247 e. The number of carbonyl (C=O) groups excluding carboxylic acids is 1. The Morgan fingerprint density at radius 2 is 2.07 bits per heavy atom. The van der Waals surface area contributed by atoms with Crippen molar-refractivity contribution in [1.29, 1.82) is 0 Å². The zero-order valence-corrected chi connectivity index (χ0v) is 19.4. The highest BCUT2D eigenvalue weighted by molar-refractivity contribution is 7.88. The van der Waals surface area contributed by atoms with Gasteiger partial charge in [0.05, 0.1) is 29.1 Å². The van der Waals surface area contributed by atoms with Crippen LogP contribution in [-0.4, -0.2) is 61.7 Å². The molecule has 2 unspecified atom stereocenters. The highest BCUT2D eigenvalue weighted by Crippen LogP contribution is 2.34. The van der Waals surface area contributed by atoms with Crippen LogP contribution in [0.5, 0.6) is 0 Å². The van der Waals surface area contributed by atoms with E-state index in [1.807, 2.05) is 13.8 Å². The number of sulfonamides is 1. The minimum absolute atomic E-state index is 0.0425. The lowest BCUT2D eigenvalue weighted by atomic mass is 10.0. The van der Waals surface area contributed by atoms with Gasteiger partial charge in [-0.15, -0.1) is 0 Å². The number of thiazole rings is 1. The number of piperidine rings is 1. The second-order valence-corrected chi connectivity index (χ2v) is 11.3. The number of anilines is 1. The van der Waals surface area contributed by atoms with Crippen LogP contribution in [-0.2, 0) is 19.6 Å². The summed E-state index contributed by atoms with van der Waals surface area (Å²) >= 11 is 1.49. The molecular weight excluding hydrogens is 422 g/mol. The summed E-state index contributed by atoms with van der Waals surface area (Å²) in [7, 11) is -3.46. The summed E-state index contributed by atoms with van der Waals surface area (Å²) in [6, 6.07) is 3.50. The molecule has 0 spiro atoms. The highest BCUT2D eigenvalue weighted by Gasteiger charge is 2.39. The fourth-order valence-electron chi connectivity index (χ4n) is 4.46. The van der Waals surface area contributed by atoms with Gasteiger partial charge in [-0.25, -0.2) is 13.4 Å². The lowest BCUT2D eigenvalue weighted by Crippen LogP contribution is -2.54. The number of nitrogens with zero attached hydrogens (tertiary/aromatic N) is 3. The molecule has 0 radical (unpaired) electrons. The Hall–Kier alpha value is -1.55. The molecule has 7 nitrogen and oxygen atoms in total. The van der Waals surface area contributed by atoms with Crippen molar-refractivity contribution < 1.29 is 17.9 Å². The van der Waals surface area contributed by atoms with Crippen LogP contribution in [0, 0.1) is 13.8 Å². The molecule has 0 N–H and O–H groups in total. The first kappa shape index (κ1) is 21.7. The van der Waals surface area contributed by atoms with Gasteiger partial charge in [0.2, 0.25) is 15.9 Å². The lowest BCUT2D eigenvalue weighted by molar-refractivity contribution is -0.123. The first-order valence-electron chi connectivity index (χ1n) is 10.5. The molecule has 0 bridgehead atoms. The van der Waals surface area contributed by atoms with Gasteiger partial charge in [-0.2, -0.15) is 4.31 Å². The second-order valence-electron chi connectivity index (χ2n) is 8.39. The van der Waals surface area contributed by atoms with Gasteiger partial charge in [-0.1, -0.05) is 23.8 Å². The van der Waals surface area contributed by atoms with Crippen molar-refractivity contribution in [2.75, 3.05) is 30.9 Å². The molecule has 2 atom stereocenters. The topological polar surface area (TPSA) is 79.8 Å². The Bertz CT molecular complexity index is 1040. The number of aryl methyl sites for hydroxylation is 2. The highest BCUT2D eigenvalue weighted by atomic mass is 32.2. The van der Waals surface area contributed by atoms with Crippen LogP contribution in [0.4, 0.5) is 5.13 Å². The van der Waals surface area contributed by atoms with Crippen LogP contribution in [0.1, 0.15) is 43.2 Å². The number of rotatable bonds is 5. The quantitative estimate of drug-likeness (QED) is 0.697. The molecule has 1 amide bonds. The number of amides is 1. The number of carbonyl (C=O) groups is 1. The Kier molecular flexibility index (Phi) is 6.16. The number of hydrogen-bond acceptors (Lipinski definition) is 6. The molecular formula is C21H29N3O4S2. The van der Waals surface area contributed by atoms with Crippen molar-refractivity contribution in [2.45, 2.75) is 58.1 Å². The molecule has 1 aromatic heterocycles. The Morgan fingerprint density at radius 1 is 1.27 bits per heavy atom. The van der Waals surface area contributed by atoms with E-state index >= 15 is 0 Å². The SMILES string of the molecule is Cc1cc(C)c2nc(N(CC3CCCO3)C(=O)C3CCCCN3S(C)(=O)=O)sc2c1. The predicted molar refractivity (Wildman–Crippen MR) is 120 cm³/mol. The van der Waals surface area contributed by atoms with Crippen LogP contribution < -0.4 is 4.90 Å². The van der Waals surface area contributed by atoms with Gasteiger partial charge in [0.15, 0.2) is 5.13 Å². The lowest BCUT2D eigenvalue weighted by Gasteiger charge is -2.35. The minimum Gasteiger partial charge on any atom is -0.376 e.